The second-order valence-corrected chi connectivity index (χ2v) is 6.39. The lowest BCUT2D eigenvalue weighted by atomic mass is 9.91. The summed E-state index contributed by atoms with van der Waals surface area (Å²) in [6, 6.07) is 9.51. The van der Waals surface area contributed by atoms with Gasteiger partial charge in [-0.05, 0) is 18.4 Å². The molecule has 0 saturated carbocycles. The van der Waals surface area contributed by atoms with E-state index in [-0.39, 0.29) is 17.7 Å². The summed E-state index contributed by atoms with van der Waals surface area (Å²) < 4.78 is 10.3. The zero-order valence-corrected chi connectivity index (χ0v) is 14.7. The fourth-order valence-corrected chi connectivity index (χ4v) is 3.29. The van der Waals surface area contributed by atoms with Gasteiger partial charge in [0, 0.05) is 12.8 Å². The summed E-state index contributed by atoms with van der Waals surface area (Å²) in [5, 5.41) is 0. The third-order valence-corrected chi connectivity index (χ3v) is 4.71. The van der Waals surface area contributed by atoms with E-state index in [4.69, 9.17) is 9.47 Å². The molecule has 1 aliphatic heterocycles. The lowest BCUT2D eigenvalue weighted by molar-refractivity contribution is -0.793. The highest BCUT2D eigenvalue weighted by molar-refractivity contribution is 5.76. The van der Waals surface area contributed by atoms with E-state index >= 15 is 0 Å². The Hall–Kier alpha value is -1.88. The fraction of sp³-hybridized carbons (Fsp3) is 0.579. The number of amides is 2. The SMILES string of the molecule is CCCC1CC[N+](C(=O)OCC)(C(=O)OCc2ccccc2)CC1. The van der Waals surface area contributed by atoms with Crippen LogP contribution < -0.4 is 0 Å². The highest BCUT2D eigenvalue weighted by Gasteiger charge is 2.50. The van der Waals surface area contributed by atoms with E-state index < -0.39 is 12.2 Å². The number of imide groups is 1. The number of ether oxygens (including phenoxy) is 2. The van der Waals surface area contributed by atoms with Crippen LogP contribution in [-0.4, -0.2) is 36.4 Å². The van der Waals surface area contributed by atoms with Crippen molar-refractivity contribution >= 4 is 12.2 Å². The quantitative estimate of drug-likeness (QED) is 0.744. The number of likely N-dealkylation sites (tertiary alicyclic amines) is 1. The first-order valence-electron chi connectivity index (χ1n) is 8.88. The topological polar surface area (TPSA) is 52.6 Å². The number of carbonyl (C=O) groups is 2. The van der Waals surface area contributed by atoms with Crippen molar-refractivity contribution in [2.45, 2.75) is 46.1 Å². The maximum atomic E-state index is 12.7. The zero-order chi connectivity index (χ0) is 17.4. The third-order valence-electron chi connectivity index (χ3n) is 4.71. The zero-order valence-electron chi connectivity index (χ0n) is 14.7. The average Bonchev–Trinajstić information content (AvgIpc) is 2.62. The maximum absolute atomic E-state index is 12.7. The normalized spacial score (nSPS) is 23.5. The Balaban J connectivity index is 2.05. The molecule has 24 heavy (non-hydrogen) atoms. The Morgan fingerprint density at radius 3 is 2.25 bits per heavy atom. The molecule has 0 N–H and O–H groups in total. The van der Waals surface area contributed by atoms with E-state index in [2.05, 4.69) is 6.92 Å². The van der Waals surface area contributed by atoms with E-state index in [1.165, 1.54) is 0 Å². The van der Waals surface area contributed by atoms with Crippen LogP contribution in [0.1, 0.15) is 45.1 Å². The van der Waals surface area contributed by atoms with Crippen molar-refractivity contribution in [1.29, 1.82) is 0 Å². The van der Waals surface area contributed by atoms with Crippen molar-refractivity contribution in [3.63, 3.8) is 0 Å². The van der Waals surface area contributed by atoms with Crippen LogP contribution in [0.25, 0.3) is 0 Å². The van der Waals surface area contributed by atoms with Gasteiger partial charge in [0.05, 0.1) is 19.7 Å². The van der Waals surface area contributed by atoms with Gasteiger partial charge in [0.25, 0.3) is 0 Å². The van der Waals surface area contributed by atoms with Crippen molar-refractivity contribution in [3.8, 4) is 0 Å². The van der Waals surface area contributed by atoms with Gasteiger partial charge in [-0.3, -0.25) is 0 Å². The Morgan fingerprint density at radius 2 is 1.67 bits per heavy atom. The van der Waals surface area contributed by atoms with Crippen LogP contribution in [-0.2, 0) is 16.1 Å². The Morgan fingerprint density at radius 1 is 1.04 bits per heavy atom. The largest absolute Gasteiger partial charge is 0.527 e. The third kappa shape index (κ3) is 4.35. The van der Waals surface area contributed by atoms with E-state index in [1.807, 2.05) is 30.3 Å². The Kier molecular flexibility index (Phi) is 6.79. The molecule has 0 aliphatic carbocycles. The number of rotatable bonds is 5. The molecule has 1 aromatic carbocycles. The van der Waals surface area contributed by atoms with E-state index in [0.29, 0.717) is 19.0 Å². The highest BCUT2D eigenvalue weighted by Crippen LogP contribution is 2.29. The molecule has 2 amide bonds. The molecule has 5 nitrogen and oxygen atoms in total. The number of nitrogens with zero attached hydrogens (tertiary/aromatic N) is 1. The van der Waals surface area contributed by atoms with Gasteiger partial charge in [0.2, 0.25) is 0 Å². The summed E-state index contributed by atoms with van der Waals surface area (Å²) >= 11 is 0. The summed E-state index contributed by atoms with van der Waals surface area (Å²) in [4.78, 5) is 25.2. The Labute approximate surface area is 144 Å². The molecule has 1 aliphatic rings. The predicted octanol–water partition coefficient (Wildman–Crippen LogP) is 4.51. The van der Waals surface area contributed by atoms with Crippen molar-refractivity contribution < 1.29 is 23.5 Å². The van der Waals surface area contributed by atoms with Gasteiger partial charge in [-0.25, -0.2) is 0 Å². The standard InChI is InChI=1S/C19H28NO4/c1-3-8-16-11-13-20(14-12-16,18(21)23-4-2)19(22)24-15-17-9-6-5-7-10-17/h5-7,9-10,16H,3-4,8,11-15H2,1-2H3/q+1. The van der Waals surface area contributed by atoms with Gasteiger partial charge < -0.3 is 9.47 Å². The summed E-state index contributed by atoms with van der Waals surface area (Å²) in [5.41, 5.74) is 0.911. The molecular weight excluding hydrogens is 306 g/mol. The van der Waals surface area contributed by atoms with Crippen molar-refractivity contribution in [3.05, 3.63) is 35.9 Å². The number of carbonyl (C=O) groups excluding carboxylic acids is 2. The molecule has 1 saturated heterocycles. The molecular formula is C19H28NO4+. The monoisotopic (exact) mass is 334 g/mol. The van der Waals surface area contributed by atoms with Crippen molar-refractivity contribution in [2.75, 3.05) is 19.7 Å². The molecule has 2 rings (SSSR count). The van der Waals surface area contributed by atoms with Gasteiger partial charge in [-0.1, -0.05) is 50.1 Å². The predicted molar refractivity (Wildman–Crippen MR) is 91.3 cm³/mol. The summed E-state index contributed by atoms with van der Waals surface area (Å²) in [7, 11) is 0. The summed E-state index contributed by atoms with van der Waals surface area (Å²) in [5.74, 6) is 0.581. The molecule has 0 radical (unpaired) electrons. The van der Waals surface area contributed by atoms with Gasteiger partial charge >= 0.3 is 12.2 Å². The number of hydrogen-bond acceptors (Lipinski definition) is 4. The van der Waals surface area contributed by atoms with Gasteiger partial charge in [0.1, 0.15) is 6.61 Å². The average molecular weight is 334 g/mol. The lowest BCUT2D eigenvalue weighted by Gasteiger charge is -2.36. The smallest absolute Gasteiger partial charge is 0.420 e. The van der Waals surface area contributed by atoms with Gasteiger partial charge in [0.15, 0.2) is 0 Å². The fourth-order valence-electron chi connectivity index (χ4n) is 3.29. The molecule has 1 fully saturated rings. The second kappa shape index (κ2) is 8.83. The number of piperidine rings is 1. The number of benzene rings is 1. The second-order valence-electron chi connectivity index (χ2n) is 6.39. The molecule has 0 aromatic heterocycles. The van der Waals surface area contributed by atoms with E-state index in [1.54, 1.807) is 6.92 Å². The van der Waals surface area contributed by atoms with Crippen LogP contribution in [0, 0.1) is 5.92 Å². The van der Waals surface area contributed by atoms with E-state index in [9.17, 15) is 9.59 Å². The minimum atomic E-state index is -0.493. The van der Waals surface area contributed by atoms with E-state index in [0.717, 1.165) is 31.2 Å². The van der Waals surface area contributed by atoms with Crippen LogP contribution >= 0.6 is 0 Å². The molecule has 0 spiro atoms. The van der Waals surface area contributed by atoms with Crippen LogP contribution in [0.2, 0.25) is 0 Å². The van der Waals surface area contributed by atoms with Crippen LogP contribution in [0.5, 0.6) is 0 Å². The molecule has 1 heterocycles. The molecule has 1 aromatic rings. The maximum Gasteiger partial charge on any atom is 0.527 e. The van der Waals surface area contributed by atoms with Crippen molar-refractivity contribution in [2.24, 2.45) is 5.92 Å². The first-order valence-corrected chi connectivity index (χ1v) is 8.88. The molecule has 0 atom stereocenters. The minimum absolute atomic E-state index is 0.178. The van der Waals surface area contributed by atoms with Crippen LogP contribution in [0.4, 0.5) is 9.59 Å². The number of quaternary nitrogens is 1. The molecule has 5 heteroatoms. The van der Waals surface area contributed by atoms with Gasteiger partial charge in [-0.15, -0.1) is 4.48 Å². The number of hydrogen-bond donors (Lipinski definition) is 0. The summed E-state index contributed by atoms with van der Waals surface area (Å²) in [6.45, 7) is 5.30. The first kappa shape index (κ1) is 18.5. The molecule has 0 unspecified atom stereocenters. The first-order chi connectivity index (χ1) is 11.6. The van der Waals surface area contributed by atoms with Gasteiger partial charge in [-0.2, -0.15) is 9.59 Å². The molecule has 0 bridgehead atoms. The van der Waals surface area contributed by atoms with Crippen LogP contribution in [0.15, 0.2) is 30.3 Å². The lowest BCUT2D eigenvalue weighted by Crippen LogP contribution is -2.61. The summed E-state index contributed by atoms with van der Waals surface area (Å²) in [6.07, 6.45) is 3.00. The highest BCUT2D eigenvalue weighted by atomic mass is 16.6. The van der Waals surface area contributed by atoms with Crippen LogP contribution in [0.3, 0.4) is 0 Å². The minimum Gasteiger partial charge on any atom is -0.420 e. The Bertz CT molecular complexity index is 536. The molecule has 132 valence electrons. The van der Waals surface area contributed by atoms with Crippen molar-refractivity contribution in [1.82, 2.24) is 0 Å².